The van der Waals surface area contributed by atoms with Crippen LogP contribution in [0.5, 0.6) is 5.88 Å². The van der Waals surface area contributed by atoms with Crippen molar-refractivity contribution in [3.8, 4) is 5.88 Å². The molecule has 1 atom stereocenters. The summed E-state index contributed by atoms with van der Waals surface area (Å²) in [4.78, 5) is 4.48. The Labute approximate surface area is 116 Å². The molecule has 19 heavy (non-hydrogen) atoms. The van der Waals surface area contributed by atoms with Gasteiger partial charge in [0.1, 0.15) is 6.10 Å². The molecule has 0 aliphatic rings. The van der Waals surface area contributed by atoms with E-state index >= 15 is 0 Å². The third kappa shape index (κ3) is 6.03. The van der Waals surface area contributed by atoms with Crippen molar-refractivity contribution < 1.29 is 9.47 Å². The topological polar surface area (TPSA) is 43.4 Å². The lowest BCUT2D eigenvalue weighted by atomic mass is 10.2. The summed E-state index contributed by atoms with van der Waals surface area (Å²) >= 11 is 0. The zero-order valence-corrected chi connectivity index (χ0v) is 12.7. The van der Waals surface area contributed by atoms with Crippen molar-refractivity contribution in [1.29, 1.82) is 0 Å². The van der Waals surface area contributed by atoms with E-state index in [-0.39, 0.29) is 6.10 Å². The van der Waals surface area contributed by atoms with Crippen molar-refractivity contribution in [2.24, 2.45) is 0 Å². The standard InChI is InChI=1S/C15H26N2O2/c1-6-18-10-12(4)19-15-8-7-14(13(5)17-15)9-16-11(2)3/h7-8,11-12,16H,6,9-10H2,1-5H3. The van der Waals surface area contributed by atoms with Crippen LogP contribution < -0.4 is 10.1 Å². The molecule has 1 unspecified atom stereocenters. The number of aromatic nitrogens is 1. The van der Waals surface area contributed by atoms with Crippen LogP contribution >= 0.6 is 0 Å². The van der Waals surface area contributed by atoms with E-state index in [9.17, 15) is 0 Å². The molecule has 1 rings (SSSR count). The molecule has 0 fully saturated rings. The summed E-state index contributed by atoms with van der Waals surface area (Å²) in [6.07, 6.45) is 0.0199. The van der Waals surface area contributed by atoms with Crippen molar-refractivity contribution in [3.05, 3.63) is 23.4 Å². The van der Waals surface area contributed by atoms with Crippen molar-refractivity contribution in [2.75, 3.05) is 13.2 Å². The molecule has 0 radical (unpaired) electrons. The summed E-state index contributed by atoms with van der Waals surface area (Å²) in [6, 6.07) is 4.47. The number of nitrogens with zero attached hydrogens (tertiary/aromatic N) is 1. The fourth-order valence-corrected chi connectivity index (χ4v) is 1.66. The molecule has 0 aromatic carbocycles. The molecule has 0 amide bonds. The summed E-state index contributed by atoms with van der Waals surface area (Å²) in [5, 5.41) is 3.39. The Hall–Kier alpha value is -1.13. The molecule has 1 N–H and O–H groups in total. The van der Waals surface area contributed by atoms with Crippen molar-refractivity contribution in [3.63, 3.8) is 0 Å². The Kier molecular flexibility index (Phi) is 6.81. The van der Waals surface area contributed by atoms with Gasteiger partial charge < -0.3 is 14.8 Å². The first-order chi connectivity index (χ1) is 9.02. The van der Waals surface area contributed by atoms with Gasteiger partial charge in [0.25, 0.3) is 0 Å². The first-order valence-electron chi connectivity index (χ1n) is 6.97. The highest BCUT2D eigenvalue weighted by Gasteiger charge is 2.07. The van der Waals surface area contributed by atoms with E-state index in [0.717, 1.165) is 12.2 Å². The Morgan fingerprint density at radius 3 is 2.58 bits per heavy atom. The number of rotatable bonds is 8. The van der Waals surface area contributed by atoms with Crippen LogP contribution in [0.2, 0.25) is 0 Å². The highest BCUT2D eigenvalue weighted by molar-refractivity contribution is 5.25. The van der Waals surface area contributed by atoms with Crippen LogP contribution in [0.25, 0.3) is 0 Å². The van der Waals surface area contributed by atoms with Crippen molar-refractivity contribution >= 4 is 0 Å². The summed E-state index contributed by atoms with van der Waals surface area (Å²) in [5.74, 6) is 0.665. The van der Waals surface area contributed by atoms with E-state index in [2.05, 4.69) is 30.2 Å². The van der Waals surface area contributed by atoms with Crippen LogP contribution in [0, 0.1) is 6.92 Å². The predicted molar refractivity (Wildman–Crippen MR) is 77.5 cm³/mol. The molecular weight excluding hydrogens is 240 g/mol. The maximum absolute atomic E-state index is 5.72. The van der Waals surface area contributed by atoms with Crippen LogP contribution in [0.1, 0.15) is 39.0 Å². The molecule has 0 aliphatic heterocycles. The predicted octanol–water partition coefficient (Wildman–Crippen LogP) is 2.69. The van der Waals surface area contributed by atoms with E-state index < -0.39 is 0 Å². The number of aryl methyl sites for hydroxylation is 1. The van der Waals surface area contributed by atoms with E-state index in [1.165, 1.54) is 5.56 Å². The number of ether oxygens (including phenoxy) is 2. The van der Waals surface area contributed by atoms with Gasteiger partial charge in [0, 0.05) is 31.0 Å². The van der Waals surface area contributed by atoms with E-state index in [0.29, 0.717) is 25.1 Å². The van der Waals surface area contributed by atoms with Crippen molar-refractivity contribution in [1.82, 2.24) is 10.3 Å². The third-order valence-corrected chi connectivity index (χ3v) is 2.75. The largest absolute Gasteiger partial charge is 0.472 e. The average molecular weight is 266 g/mol. The lowest BCUT2D eigenvalue weighted by molar-refractivity contribution is 0.0632. The minimum atomic E-state index is 0.0199. The highest BCUT2D eigenvalue weighted by Crippen LogP contribution is 2.14. The lowest BCUT2D eigenvalue weighted by Gasteiger charge is -2.15. The summed E-state index contributed by atoms with van der Waals surface area (Å²) in [5.41, 5.74) is 2.22. The lowest BCUT2D eigenvalue weighted by Crippen LogP contribution is -2.23. The van der Waals surface area contributed by atoms with Gasteiger partial charge in [-0.1, -0.05) is 19.9 Å². The van der Waals surface area contributed by atoms with Crippen LogP contribution in [0.15, 0.2) is 12.1 Å². The van der Waals surface area contributed by atoms with Gasteiger partial charge in [-0.15, -0.1) is 0 Å². The Morgan fingerprint density at radius 2 is 2.00 bits per heavy atom. The second kappa shape index (κ2) is 8.12. The molecule has 1 aromatic rings. The minimum Gasteiger partial charge on any atom is -0.472 e. The Morgan fingerprint density at radius 1 is 1.26 bits per heavy atom. The van der Waals surface area contributed by atoms with Crippen LogP contribution in [-0.4, -0.2) is 30.3 Å². The fraction of sp³-hybridized carbons (Fsp3) is 0.667. The van der Waals surface area contributed by atoms with Crippen LogP contribution in [0.4, 0.5) is 0 Å². The van der Waals surface area contributed by atoms with E-state index in [1.54, 1.807) is 0 Å². The maximum Gasteiger partial charge on any atom is 0.213 e. The first kappa shape index (κ1) is 15.9. The van der Waals surface area contributed by atoms with Gasteiger partial charge >= 0.3 is 0 Å². The molecule has 0 saturated heterocycles. The molecule has 0 spiro atoms. The van der Waals surface area contributed by atoms with Crippen molar-refractivity contribution in [2.45, 2.75) is 53.3 Å². The number of pyridine rings is 1. The SMILES string of the molecule is CCOCC(C)Oc1ccc(CNC(C)C)c(C)n1. The van der Waals surface area contributed by atoms with Gasteiger partial charge in [0.2, 0.25) is 5.88 Å². The quantitative estimate of drug-likeness (QED) is 0.785. The normalized spacial score (nSPS) is 12.7. The van der Waals surface area contributed by atoms with Gasteiger partial charge in [-0.25, -0.2) is 4.98 Å². The van der Waals surface area contributed by atoms with Gasteiger partial charge in [-0.05, 0) is 26.3 Å². The smallest absolute Gasteiger partial charge is 0.213 e. The van der Waals surface area contributed by atoms with Gasteiger partial charge in [-0.2, -0.15) is 0 Å². The summed E-state index contributed by atoms with van der Waals surface area (Å²) in [7, 11) is 0. The molecule has 4 nitrogen and oxygen atoms in total. The Balaban J connectivity index is 2.55. The first-order valence-corrected chi connectivity index (χ1v) is 6.97. The molecule has 0 aliphatic carbocycles. The number of nitrogens with one attached hydrogen (secondary N) is 1. The number of hydrogen-bond donors (Lipinski definition) is 1. The van der Waals surface area contributed by atoms with Crippen LogP contribution in [0.3, 0.4) is 0 Å². The molecule has 1 aromatic heterocycles. The molecule has 108 valence electrons. The molecular formula is C15H26N2O2. The zero-order chi connectivity index (χ0) is 14.3. The van der Waals surface area contributed by atoms with Crippen LogP contribution in [-0.2, 0) is 11.3 Å². The summed E-state index contributed by atoms with van der Waals surface area (Å²) < 4.78 is 11.0. The zero-order valence-electron chi connectivity index (χ0n) is 12.7. The fourth-order valence-electron chi connectivity index (χ4n) is 1.66. The van der Waals surface area contributed by atoms with E-state index in [4.69, 9.17) is 9.47 Å². The molecule has 4 heteroatoms. The minimum absolute atomic E-state index is 0.0199. The third-order valence-electron chi connectivity index (χ3n) is 2.75. The Bertz CT molecular complexity index is 380. The van der Waals surface area contributed by atoms with E-state index in [1.807, 2.05) is 26.8 Å². The maximum atomic E-state index is 5.72. The number of hydrogen-bond acceptors (Lipinski definition) is 4. The average Bonchev–Trinajstić information content (AvgIpc) is 2.35. The highest BCUT2D eigenvalue weighted by atomic mass is 16.5. The second-order valence-electron chi connectivity index (χ2n) is 5.02. The van der Waals surface area contributed by atoms with Gasteiger partial charge in [0.15, 0.2) is 0 Å². The summed E-state index contributed by atoms with van der Waals surface area (Å²) in [6.45, 7) is 12.4. The van der Waals surface area contributed by atoms with Gasteiger partial charge in [0.05, 0.1) is 6.61 Å². The van der Waals surface area contributed by atoms with Gasteiger partial charge in [-0.3, -0.25) is 0 Å². The molecule has 1 heterocycles. The second-order valence-corrected chi connectivity index (χ2v) is 5.02. The molecule has 0 saturated carbocycles. The monoisotopic (exact) mass is 266 g/mol. The molecule has 0 bridgehead atoms.